The Balaban J connectivity index is 1.26. The van der Waals surface area contributed by atoms with Crippen LogP contribution in [0.3, 0.4) is 0 Å². The van der Waals surface area contributed by atoms with E-state index in [1.54, 1.807) is 30.3 Å². The highest BCUT2D eigenvalue weighted by molar-refractivity contribution is 7.89. The highest BCUT2D eigenvalue weighted by Gasteiger charge is 2.33. The summed E-state index contributed by atoms with van der Waals surface area (Å²) in [6, 6.07) is 11.4. The lowest BCUT2D eigenvalue weighted by molar-refractivity contribution is -0.120. The quantitative estimate of drug-likeness (QED) is 0.472. The largest absolute Gasteiger partial charge is 0.486 e. The Hall–Kier alpha value is -3.15. The number of piperidine rings is 1. The van der Waals surface area contributed by atoms with Gasteiger partial charge in [-0.15, -0.1) is 0 Å². The number of benzene rings is 2. The Morgan fingerprint density at radius 3 is 2.29 bits per heavy atom. The molecule has 2 N–H and O–H groups in total. The van der Waals surface area contributed by atoms with Crippen molar-refractivity contribution in [2.45, 2.75) is 31.6 Å². The van der Waals surface area contributed by atoms with Crippen LogP contribution in [0.4, 0.5) is 5.69 Å². The summed E-state index contributed by atoms with van der Waals surface area (Å²) in [6.07, 6.45) is 0.839. The van der Waals surface area contributed by atoms with Crippen LogP contribution >= 0.6 is 0 Å². The van der Waals surface area contributed by atoms with Gasteiger partial charge in [0.15, 0.2) is 11.5 Å². The number of fused-ring (bicyclic) bond motifs is 1. The molecule has 1 fully saturated rings. The standard InChI is InChI=1S/C27H36N4O6S/c1-3-30(4-2)16-13-28-26(32)20-5-7-22(8-6-20)29-27(33)21-11-14-31(15-12-21)38(34,35)23-9-10-24-25(19-23)37-18-17-36-24/h5-10,19,21H,3-4,11-18H2,1-2H3,(H,28,32)(H,29,33). The van der Waals surface area contributed by atoms with Gasteiger partial charge in [0.25, 0.3) is 5.91 Å². The third-order valence-corrected chi connectivity index (χ3v) is 8.89. The lowest BCUT2D eigenvalue weighted by Gasteiger charge is -2.30. The van der Waals surface area contributed by atoms with Gasteiger partial charge < -0.3 is 25.0 Å². The summed E-state index contributed by atoms with van der Waals surface area (Å²) in [7, 11) is -3.71. The van der Waals surface area contributed by atoms with E-state index in [1.165, 1.54) is 16.4 Å². The summed E-state index contributed by atoms with van der Waals surface area (Å²) >= 11 is 0. The van der Waals surface area contributed by atoms with Gasteiger partial charge in [0, 0.05) is 49.4 Å². The van der Waals surface area contributed by atoms with Crippen LogP contribution < -0.4 is 20.1 Å². The van der Waals surface area contributed by atoms with Crippen molar-refractivity contribution in [2.24, 2.45) is 5.92 Å². The number of rotatable bonds is 10. The fourth-order valence-electron chi connectivity index (χ4n) is 4.61. The zero-order valence-corrected chi connectivity index (χ0v) is 22.8. The molecule has 0 unspecified atom stereocenters. The molecule has 0 aliphatic carbocycles. The molecule has 4 rings (SSSR count). The van der Waals surface area contributed by atoms with Crippen molar-refractivity contribution < 1.29 is 27.5 Å². The minimum Gasteiger partial charge on any atom is -0.486 e. The number of carbonyl (C=O) groups excluding carboxylic acids is 2. The molecular weight excluding hydrogens is 508 g/mol. The van der Waals surface area contributed by atoms with E-state index in [2.05, 4.69) is 29.4 Å². The minimum absolute atomic E-state index is 0.151. The van der Waals surface area contributed by atoms with Crippen molar-refractivity contribution in [3.05, 3.63) is 48.0 Å². The normalized spacial score (nSPS) is 16.3. The van der Waals surface area contributed by atoms with Gasteiger partial charge in [-0.05, 0) is 62.3 Å². The molecule has 2 aliphatic heterocycles. The molecule has 206 valence electrons. The fourth-order valence-corrected chi connectivity index (χ4v) is 6.10. The van der Waals surface area contributed by atoms with E-state index in [0.29, 0.717) is 55.4 Å². The predicted molar refractivity (Wildman–Crippen MR) is 144 cm³/mol. The molecule has 0 atom stereocenters. The van der Waals surface area contributed by atoms with Crippen LogP contribution in [-0.2, 0) is 14.8 Å². The molecule has 1 saturated heterocycles. The molecule has 38 heavy (non-hydrogen) atoms. The molecule has 0 radical (unpaired) electrons. The second-order valence-corrected chi connectivity index (χ2v) is 11.3. The van der Waals surface area contributed by atoms with Gasteiger partial charge in [-0.3, -0.25) is 9.59 Å². The van der Waals surface area contributed by atoms with Crippen LogP contribution in [0, 0.1) is 5.92 Å². The summed E-state index contributed by atoms with van der Waals surface area (Å²) in [5.74, 6) is 0.355. The van der Waals surface area contributed by atoms with Crippen LogP contribution in [0.25, 0.3) is 0 Å². The maximum atomic E-state index is 13.2. The number of sulfonamides is 1. The fraction of sp³-hybridized carbons (Fsp3) is 0.481. The molecule has 10 nitrogen and oxygen atoms in total. The first-order valence-corrected chi connectivity index (χ1v) is 14.6. The van der Waals surface area contributed by atoms with Crippen molar-refractivity contribution >= 4 is 27.5 Å². The average Bonchev–Trinajstić information content (AvgIpc) is 2.95. The van der Waals surface area contributed by atoms with Crippen LogP contribution in [0.1, 0.15) is 37.0 Å². The second-order valence-electron chi connectivity index (χ2n) is 9.33. The average molecular weight is 545 g/mol. The van der Waals surface area contributed by atoms with E-state index >= 15 is 0 Å². The SMILES string of the molecule is CCN(CC)CCNC(=O)c1ccc(NC(=O)C2CCN(S(=O)(=O)c3ccc4c(c3)OCCO4)CC2)cc1. The number of hydrogen-bond acceptors (Lipinski definition) is 7. The van der Waals surface area contributed by atoms with Crippen molar-refractivity contribution in [3.63, 3.8) is 0 Å². The number of likely N-dealkylation sites (N-methyl/N-ethyl adjacent to an activating group) is 1. The van der Waals surface area contributed by atoms with Crippen LogP contribution in [-0.4, -0.2) is 81.9 Å². The molecule has 2 aromatic rings. The Bertz CT molecular complexity index is 1220. The van der Waals surface area contributed by atoms with Gasteiger partial charge in [0.2, 0.25) is 15.9 Å². The summed E-state index contributed by atoms with van der Waals surface area (Å²) in [4.78, 5) is 27.6. The zero-order chi connectivity index (χ0) is 27.1. The van der Waals surface area contributed by atoms with Gasteiger partial charge in [-0.1, -0.05) is 13.8 Å². The van der Waals surface area contributed by atoms with E-state index in [-0.39, 0.29) is 35.7 Å². The van der Waals surface area contributed by atoms with Gasteiger partial charge in [-0.2, -0.15) is 4.31 Å². The summed E-state index contributed by atoms with van der Waals surface area (Å²) < 4.78 is 38.7. The number of anilines is 1. The van der Waals surface area contributed by atoms with Gasteiger partial charge in [-0.25, -0.2) is 8.42 Å². The number of nitrogens with one attached hydrogen (secondary N) is 2. The summed E-state index contributed by atoms with van der Waals surface area (Å²) in [5.41, 5.74) is 1.13. The van der Waals surface area contributed by atoms with Crippen molar-refractivity contribution in [2.75, 3.05) is 57.8 Å². The maximum Gasteiger partial charge on any atom is 0.251 e. The number of carbonyl (C=O) groups is 2. The van der Waals surface area contributed by atoms with Crippen LogP contribution in [0.15, 0.2) is 47.4 Å². The van der Waals surface area contributed by atoms with Crippen molar-refractivity contribution in [1.29, 1.82) is 0 Å². The molecule has 2 amide bonds. The van der Waals surface area contributed by atoms with Crippen LogP contribution in [0.5, 0.6) is 11.5 Å². The second kappa shape index (κ2) is 12.6. The van der Waals surface area contributed by atoms with Crippen LogP contribution in [0.2, 0.25) is 0 Å². The third-order valence-electron chi connectivity index (χ3n) is 7.00. The molecule has 0 spiro atoms. The highest BCUT2D eigenvalue weighted by Crippen LogP contribution is 2.34. The first kappa shape index (κ1) is 27.9. The summed E-state index contributed by atoms with van der Waals surface area (Å²) in [6.45, 7) is 8.74. The van der Waals surface area contributed by atoms with Crippen molar-refractivity contribution in [1.82, 2.24) is 14.5 Å². The monoisotopic (exact) mass is 544 g/mol. The Morgan fingerprint density at radius 1 is 0.974 bits per heavy atom. The molecule has 0 bridgehead atoms. The number of ether oxygens (including phenoxy) is 2. The summed E-state index contributed by atoms with van der Waals surface area (Å²) in [5, 5.41) is 5.81. The van der Waals surface area contributed by atoms with E-state index in [4.69, 9.17) is 9.47 Å². The first-order valence-electron chi connectivity index (χ1n) is 13.1. The molecule has 0 saturated carbocycles. The molecule has 2 aliphatic rings. The minimum atomic E-state index is -3.71. The van der Waals surface area contributed by atoms with Gasteiger partial charge >= 0.3 is 0 Å². The Labute approximate surface area is 224 Å². The molecule has 0 aromatic heterocycles. The Morgan fingerprint density at radius 2 is 1.63 bits per heavy atom. The maximum absolute atomic E-state index is 13.2. The van der Waals surface area contributed by atoms with Gasteiger partial charge in [0.05, 0.1) is 4.90 Å². The molecule has 2 heterocycles. The lowest BCUT2D eigenvalue weighted by atomic mass is 9.97. The van der Waals surface area contributed by atoms with Gasteiger partial charge in [0.1, 0.15) is 13.2 Å². The molecule has 2 aromatic carbocycles. The van der Waals surface area contributed by atoms with E-state index in [1.807, 2.05) is 0 Å². The lowest BCUT2D eigenvalue weighted by Crippen LogP contribution is -2.41. The third kappa shape index (κ3) is 6.64. The van der Waals surface area contributed by atoms with Crippen molar-refractivity contribution in [3.8, 4) is 11.5 Å². The zero-order valence-electron chi connectivity index (χ0n) is 21.9. The number of hydrogen-bond donors (Lipinski definition) is 2. The topological polar surface area (TPSA) is 117 Å². The molecule has 11 heteroatoms. The van der Waals surface area contributed by atoms with E-state index in [0.717, 1.165) is 19.6 Å². The number of nitrogens with zero attached hydrogens (tertiary/aromatic N) is 2. The number of amides is 2. The van der Waals surface area contributed by atoms with E-state index < -0.39 is 10.0 Å². The molecular formula is C27H36N4O6S. The van der Waals surface area contributed by atoms with E-state index in [9.17, 15) is 18.0 Å². The first-order chi connectivity index (χ1) is 18.3. The predicted octanol–water partition coefficient (Wildman–Crippen LogP) is 2.57. The smallest absolute Gasteiger partial charge is 0.251 e. The Kier molecular flexibility index (Phi) is 9.24. The highest BCUT2D eigenvalue weighted by atomic mass is 32.2.